The summed E-state index contributed by atoms with van der Waals surface area (Å²) in [5, 5.41) is 7.35. The Hall–Kier alpha value is -3.17. The number of rotatable bonds is 8. The van der Waals surface area contributed by atoms with Gasteiger partial charge in [-0.25, -0.2) is 0 Å². The Kier molecular flexibility index (Phi) is 7.09. The third-order valence-electron chi connectivity index (χ3n) is 4.95. The van der Waals surface area contributed by atoms with E-state index in [9.17, 15) is 0 Å². The van der Waals surface area contributed by atoms with Gasteiger partial charge in [0.1, 0.15) is 30.5 Å². The number of ether oxygens (including phenoxy) is 4. The van der Waals surface area contributed by atoms with Crippen molar-refractivity contribution in [3.8, 4) is 29.1 Å². The van der Waals surface area contributed by atoms with Crippen LogP contribution >= 0.6 is 0 Å². The van der Waals surface area contributed by atoms with Crippen LogP contribution in [0, 0.1) is 30.1 Å². The van der Waals surface area contributed by atoms with E-state index in [1.165, 1.54) is 12.8 Å². The van der Waals surface area contributed by atoms with Crippen molar-refractivity contribution in [2.24, 2.45) is 11.7 Å². The Bertz CT molecular complexity index is 1000. The van der Waals surface area contributed by atoms with Crippen LogP contribution in [-0.4, -0.2) is 25.3 Å². The molecule has 0 aliphatic heterocycles. The molecule has 2 aromatic rings. The summed E-state index contributed by atoms with van der Waals surface area (Å²) in [6.07, 6.45) is 2.35. The van der Waals surface area contributed by atoms with Crippen molar-refractivity contribution in [3.05, 3.63) is 53.1 Å². The summed E-state index contributed by atoms with van der Waals surface area (Å²) >= 11 is 0. The first kappa shape index (κ1) is 22.5. The zero-order valence-corrected chi connectivity index (χ0v) is 18.6. The maximum atomic E-state index is 7.35. The first-order valence-corrected chi connectivity index (χ1v) is 10.3. The number of amidine groups is 1. The van der Waals surface area contributed by atoms with Gasteiger partial charge < -0.3 is 24.7 Å². The lowest BCUT2D eigenvalue weighted by molar-refractivity contribution is -0.0146. The fourth-order valence-corrected chi connectivity index (χ4v) is 2.70. The topological polar surface area (TPSA) is 86.8 Å². The van der Waals surface area contributed by atoms with Crippen molar-refractivity contribution in [2.75, 3.05) is 13.7 Å². The Morgan fingerprint density at radius 1 is 1.16 bits per heavy atom. The Morgan fingerprint density at radius 3 is 2.55 bits per heavy atom. The van der Waals surface area contributed by atoms with Crippen LogP contribution in [0.15, 0.2) is 36.4 Å². The average molecular weight is 423 g/mol. The molecule has 0 heterocycles. The summed E-state index contributed by atoms with van der Waals surface area (Å²) in [4.78, 5) is 0. The predicted octanol–water partition coefficient (Wildman–Crippen LogP) is 4.76. The fourth-order valence-electron chi connectivity index (χ4n) is 2.70. The maximum Gasteiger partial charge on any atom is 0.279 e. The van der Waals surface area contributed by atoms with Crippen LogP contribution < -0.4 is 15.2 Å². The highest BCUT2D eigenvalue weighted by atomic mass is 16.5. The lowest BCUT2D eigenvalue weighted by Crippen LogP contribution is -2.30. The van der Waals surface area contributed by atoms with Gasteiger partial charge in [0.25, 0.3) is 6.02 Å². The van der Waals surface area contributed by atoms with Crippen LogP contribution in [0.5, 0.6) is 17.2 Å². The summed E-state index contributed by atoms with van der Waals surface area (Å²) in [5.41, 5.74) is 7.61. The molecule has 164 valence electrons. The van der Waals surface area contributed by atoms with Gasteiger partial charge in [0, 0.05) is 24.2 Å². The number of aryl methyl sites for hydroxylation is 1. The molecule has 0 saturated heterocycles. The number of hydrogen-bond acceptors (Lipinski definition) is 5. The highest BCUT2D eigenvalue weighted by Crippen LogP contribution is 2.32. The SMILES string of the molecule is COC(C)(C)COc1ccc(Oc2ccc(C#CC3CC3)cc2COC(=N)N)c(C)c1. The van der Waals surface area contributed by atoms with Gasteiger partial charge in [-0.1, -0.05) is 11.8 Å². The monoisotopic (exact) mass is 422 g/mol. The molecule has 0 aromatic heterocycles. The molecule has 0 spiro atoms. The summed E-state index contributed by atoms with van der Waals surface area (Å²) < 4.78 is 22.6. The smallest absolute Gasteiger partial charge is 0.279 e. The standard InChI is InChI=1S/C25H30N2O4/c1-17-13-21(30-16-25(2,3)28-4)10-12-22(17)31-23-11-9-19(8-7-18-5-6-18)14-20(23)15-29-24(26)27/h9-14,18H,5-6,15-16H2,1-4H3,(H3,26,27). The van der Waals surface area contributed by atoms with E-state index >= 15 is 0 Å². The van der Waals surface area contributed by atoms with Gasteiger partial charge in [0.05, 0.1) is 5.60 Å². The summed E-state index contributed by atoms with van der Waals surface area (Å²) in [6, 6.07) is 11.1. The molecular weight excluding hydrogens is 392 g/mol. The van der Waals surface area contributed by atoms with Gasteiger partial charge in [0.15, 0.2) is 0 Å². The normalized spacial score (nSPS) is 13.2. The molecule has 0 amide bonds. The second-order valence-corrected chi connectivity index (χ2v) is 8.30. The fraction of sp³-hybridized carbons (Fsp3) is 0.400. The summed E-state index contributed by atoms with van der Waals surface area (Å²) in [5.74, 6) is 9.07. The molecule has 6 nitrogen and oxygen atoms in total. The van der Waals surface area contributed by atoms with Gasteiger partial charge in [-0.3, -0.25) is 5.41 Å². The number of hydrogen-bond donors (Lipinski definition) is 2. The van der Waals surface area contributed by atoms with Crippen LogP contribution in [0.2, 0.25) is 0 Å². The Balaban J connectivity index is 1.76. The van der Waals surface area contributed by atoms with Gasteiger partial charge >= 0.3 is 0 Å². The van der Waals surface area contributed by atoms with Crippen molar-refractivity contribution in [3.63, 3.8) is 0 Å². The first-order valence-electron chi connectivity index (χ1n) is 10.3. The van der Waals surface area contributed by atoms with Gasteiger partial charge in [-0.05, 0) is 75.6 Å². The largest absolute Gasteiger partial charge is 0.491 e. The number of benzene rings is 2. The van der Waals surface area contributed by atoms with Crippen molar-refractivity contribution >= 4 is 6.02 Å². The Morgan fingerprint density at radius 2 is 1.90 bits per heavy atom. The van der Waals surface area contributed by atoms with E-state index in [0.717, 1.165) is 22.4 Å². The van der Waals surface area contributed by atoms with E-state index in [1.807, 2.05) is 57.2 Å². The lowest BCUT2D eigenvalue weighted by atomic mass is 10.1. The second kappa shape index (κ2) is 9.76. The van der Waals surface area contributed by atoms with Crippen LogP contribution in [-0.2, 0) is 16.1 Å². The van der Waals surface area contributed by atoms with E-state index in [4.69, 9.17) is 30.1 Å². The van der Waals surface area contributed by atoms with Crippen LogP contribution in [0.3, 0.4) is 0 Å². The molecule has 6 heteroatoms. The third kappa shape index (κ3) is 6.94. The van der Waals surface area contributed by atoms with E-state index in [0.29, 0.717) is 24.0 Å². The van der Waals surface area contributed by atoms with E-state index in [2.05, 4.69) is 11.8 Å². The highest BCUT2D eigenvalue weighted by molar-refractivity contribution is 5.67. The van der Waals surface area contributed by atoms with E-state index in [-0.39, 0.29) is 18.2 Å². The van der Waals surface area contributed by atoms with Crippen molar-refractivity contribution < 1.29 is 18.9 Å². The summed E-state index contributed by atoms with van der Waals surface area (Å²) in [6.45, 7) is 6.49. The quantitative estimate of drug-likeness (QED) is 0.364. The summed E-state index contributed by atoms with van der Waals surface area (Å²) in [7, 11) is 1.67. The van der Waals surface area contributed by atoms with Crippen LogP contribution in [0.1, 0.15) is 43.4 Å². The number of methoxy groups -OCH3 is 1. The van der Waals surface area contributed by atoms with E-state index < -0.39 is 0 Å². The lowest BCUT2D eigenvalue weighted by Gasteiger charge is -2.23. The molecule has 1 aliphatic carbocycles. The van der Waals surface area contributed by atoms with Crippen molar-refractivity contribution in [1.29, 1.82) is 5.41 Å². The molecule has 0 bridgehead atoms. The minimum absolute atomic E-state index is 0.135. The second-order valence-electron chi connectivity index (χ2n) is 8.30. The predicted molar refractivity (Wildman–Crippen MR) is 121 cm³/mol. The van der Waals surface area contributed by atoms with Gasteiger partial charge in [0.2, 0.25) is 0 Å². The zero-order chi connectivity index (χ0) is 22.4. The van der Waals surface area contributed by atoms with E-state index in [1.54, 1.807) is 7.11 Å². The molecule has 31 heavy (non-hydrogen) atoms. The molecule has 3 rings (SSSR count). The van der Waals surface area contributed by atoms with Gasteiger partial charge in [-0.15, -0.1) is 0 Å². The first-order chi connectivity index (χ1) is 14.8. The molecule has 3 N–H and O–H groups in total. The zero-order valence-electron chi connectivity index (χ0n) is 18.6. The maximum absolute atomic E-state index is 7.35. The Labute approximate surface area is 184 Å². The average Bonchev–Trinajstić information content (AvgIpc) is 3.56. The van der Waals surface area contributed by atoms with Crippen molar-refractivity contribution in [1.82, 2.24) is 0 Å². The molecular formula is C25H30N2O4. The molecule has 0 unspecified atom stereocenters. The molecule has 1 saturated carbocycles. The number of nitrogens with two attached hydrogens (primary N) is 1. The van der Waals surface area contributed by atoms with Crippen LogP contribution in [0.25, 0.3) is 0 Å². The third-order valence-corrected chi connectivity index (χ3v) is 4.95. The minimum atomic E-state index is -0.362. The van der Waals surface area contributed by atoms with Crippen molar-refractivity contribution in [2.45, 2.75) is 45.8 Å². The molecule has 1 aliphatic rings. The minimum Gasteiger partial charge on any atom is -0.491 e. The van der Waals surface area contributed by atoms with Gasteiger partial charge in [-0.2, -0.15) is 0 Å². The molecule has 2 aromatic carbocycles. The molecule has 0 radical (unpaired) electrons. The molecule has 0 atom stereocenters. The molecule has 1 fully saturated rings. The highest BCUT2D eigenvalue weighted by Gasteiger charge is 2.18. The van der Waals surface area contributed by atoms with Crippen LogP contribution in [0.4, 0.5) is 0 Å². The number of nitrogens with one attached hydrogen (secondary N) is 1.